The Kier molecular flexibility index (Phi) is 7.62. The summed E-state index contributed by atoms with van der Waals surface area (Å²) in [7, 11) is 1.85. The minimum absolute atomic E-state index is 0.0194. The zero-order valence-electron chi connectivity index (χ0n) is 17.9. The summed E-state index contributed by atoms with van der Waals surface area (Å²) in [4.78, 5) is 12.5. The molecule has 30 heavy (non-hydrogen) atoms. The number of hydrogen-bond acceptors (Lipinski definition) is 3. The number of aliphatic hydroxyl groups is 1. The van der Waals surface area contributed by atoms with E-state index in [1.807, 2.05) is 32.2 Å². The zero-order valence-corrected chi connectivity index (χ0v) is 19.4. The lowest BCUT2D eigenvalue weighted by molar-refractivity contribution is -0.124. The normalized spacial score (nSPS) is 27.6. The molecular formula is C25H31Cl2NO2. The van der Waals surface area contributed by atoms with Crippen LogP contribution in [0.1, 0.15) is 54.7 Å². The lowest BCUT2D eigenvalue weighted by atomic mass is 9.53. The molecular weight excluding hydrogens is 417 g/mol. The number of carbonyl (C=O) groups is 1. The molecule has 0 heterocycles. The van der Waals surface area contributed by atoms with Gasteiger partial charge in [0, 0.05) is 21.5 Å². The summed E-state index contributed by atoms with van der Waals surface area (Å²) in [6.45, 7) is 4.08. The average Bonchev–Trinajstić information content (AvgIpc) is 2.75. The maximum Gasteiger partial charge on any atom is 0.126 e. The molecule has 0 bridgehead atoms. The Labute approximate surface area is 189 Å². The van der Waals surface area contributed by atoms with Gasteiger partial charge in [-0.3, -0.25) is 0 Å². The van der Waals surface area contributed by atoms with Crippen LogP contribution in [0.3, 0.4) is 0 Å². The Bertz CT molecular complexity index is 866. The highest BCUT2D eigenvalue weighted by Crippen LogP contribution is 2.57. The molecule has 0 spiro atoms. The van der Waals surface area contributed by atoms with Gasteiger partial charge in [0.2, 0.25) is 0 Å². The first-order valence-electron chi connectivity index (χ1n) is 10.7. The maximum absolute atomic E-state index is 12.5. The molecule has 5 atom stereocenters. The third-order valence-electron chi connectivity index (χ3n) is 7.11. The van der Waals surface area contributed by atoms with E-state index >= 15 is 0 Å². The number of aldehydes is 1. The third-order valence-corrected chi connectivity index (χ3v) is 7.69. The highest BCUT2D eigenvalue weighted by atomic mass is 35.5. The van der Waals surface area contributed by atoms with Crippen LogP contribution in [0.2, 0.25) is 10.0 Å². The Balaban J connectivity index is 2.22. The van der Waals surface area contributed by atoms with Crippen molar-refractivity contribution in [2.75, 3.05) is 13.7 Å². The predicted molar refractivity (Wildman–Crippen MR) is 125 cm³/mol. The zero-order chi connectivity index (χ0) is 21.9. The minimum Gasteiger partial charge on any atom is -0.395 e. The van der Waals surface area contributed by atoms with Crippen LogP contribution < -0.4 is 5.32 Å². The summed E-state index contributed by atoms with van der Waals surface area (Å²) in [5, 5.41) is 15.0. The Hall–Kier alpha value is -1.39. The standard InChI is InChI=1S/C25H31Cl2NO2/c1-4-25(15-30)12-11-20(19-10-5-16(2)13-21(19)27)23(24(25)22(14-29)28-3)17-6-8-18(26)9-7-17/h5-10,13,15,20,22-24,28-29H,4,11-12,14H2,1-3H3. The molecule has 3 nitrogen and oxygen atoms in total. The Morgan fingerprint density at radius 2 is 1.93 bits per heavy atom. The van der Waals surface area contributed by atoms with Crippen molar-refractivity contribution in [3.63, 3.8) is 0 Å². The second-order valence-electron chi connectivity index (χ2n) is 8.56. The van der Waals surface area contributed by atoms with Gasteiger partial charge in [0.1, 0.15) is 6.29 Å². The van der Waals surface area contributed by atoms with E-state index in [9.17, 15) is 9.90 Å². The number of halogens is 2. The molecule has 0 aromatic heterocycles. The number of hydrogen-bond donors (Lipinski definition) is 2. The molecule has 2 aromatic carbocycles. The molecule has 0 radical (unpaired) electrons. The summed E-state index contributed by atoms with van der Waals surface area (Å²) >= 11 is 12.9. The third kappa shape index (κ3) is 4.31. The SMILES string of the molecule is CCC1(C=O)CCC(c2ccc(C)cc2Cl)C(c2ccc(Cl)cc2)C1C(CO)NC. The van der Waals surface area contributed by atoms with Crippen molar-refractivity contribution in [1.82, 2.24) is 5.32 Å². The number of benzene rings is 2. The van der Waals surface area contributed by atoms with E-state index in [1.54, 1.807) is 0 Å². The van der Waals surface area contributed by atoms with E-state index < -0.39 is 5.41 Å². The molecule has 1 aliphatic carbocycles. The van der Waals surface area contributed by atoms with Crippen molar-refractivity contribution in [1.29, 1.82) is 0 Å². The van der Waals surface area contributed by atoms with Crippen LogP contribution in [0, 0.1) is 18.3 Å². The maximum atomic E-state index is 12.5. The average molecular weight is 448 g/mol. The molecule has 1 fully saturated rings. The van der Waals surface area contributed by atoms with Gasteiger partial charge in [0.05, 0.1) is 6.61 Å². The topological polar surface area (TPSA) is 49.3 Å². The van der Waals surface area contributed by atoms with Crippen LogP contribution in [0.4, 0.5) is 0 Å². The minimum atomic E-state index is -0.506. The van der Waals surface area contributed by atoms with Gasteiger partial charge in [-0.05, 0) is 85.9 Å². The second-order valence-corrected chi connectivity index (χ2v) is 9.40. The van der Waals surface area contributed by atoms with Crippen molar-refractivity contribution >= 4 is 29.5 Å². The molecule has 0 amide bonds. The van der Waals surface area contributed by atoms with Crippen LogP contribution in [-0.2, 0) is 4.79 Å². The number of aryl methyl sites for hydroxylation is 1. The van der Waals surface area contributed by atoms with E-state index in [0.717, 1.165) is 47.3 Å². The van der Waals surface area contributed by atoms with Gasteiger partial charge < -0.3 is 15.2 Å². The highest BCUT2D eigenvalue weighted by molar-refractivity contribution is 6.31. The van der Waals surface area contributed by atoms with E-state index in [1.165, 1.54) is 0 Å². The molecule has 0 aliphatic heterocycles. The van der Waals surface area contributed by atoms with Crippen LogP contribution >= 0.6 is 23.2 Å². The van der Waals surface area contributed by atoms with Gasteiger partial charge in [-0.2, -0.15) is 0 Å². The second kappa shape index (κ2) is 9.82. The van der Waals surface area contributed by atoms with E-state index in [4.69, 9.17) is 23.2 Å². The van der Waals surface area contributed by atoms with Gasteiger partial charge in [-0.25, -0.2) is 0 Å². The fourth-order valence-electron chi connectivity index (χ4n) is 5.45. The number of carbonyl (C=O) groups excluding carboxylic acids is 1. The number of likely N-dealkylation sites (N-methyl/N-ethyl adjacent to an activating group) is 1. The van der Waals surface area contributed by atoms with E-state index in [0.29, 0.717) is 5.02 Å². The van der Waals surface area contributed by atoms with Crippen molar-refractivity contribution in [2.24, 2.45) is 11.3 Å². The Morgan fingerprint density at radius 3 is 2.47 bits per heavy atom. The number of rotatable bonds is 7. The quantitative estimate of drug-likeness (QED) is 0.530. The highest BCUT2D eigenvalue weighted by Gasteiger charge is 2.52. The molecule has 3 rings (SSSR count). The molecule has 2 N–H and O–H groups in total. The van der Waals surface area contributed by atoms with E-state index in [-0.39, 0.29) is 30.4 Å². The molecule has 1 saturated carbocycles. The molecule has 2 aromatic rings. The number of aliphatic hydroxyl groups excluding tert-OH is 1. The number of nitrogens with one attached hydrogen (secondary N) is 1. The van der Waals surface area contributed by atoms with Crippen molar-refractivity contribution in [3.8, 4) is 0 Å². The van der Waals surface area contributed by atoms with Crippen LogP contribution in [-0.4, -0.2) is 31.1 Å². The van der Waals surface area contributed by atoms with Crippen molar-refractivity contribution < 1.29 is 9.90 Å². The summed E-state index contributed by atoms with van der Waals surface area (Å²) in [5.74, 6) is 0.0876. The summed E-state index contributed by atoms with van der Waals surface area (Å²) in [6.07, 6.45) is 3.50. The monoisotopic (exact) mass is 447 g/mol. The summed E-state index contributed by atoms with van der Waals surface area (Å²) in [5.41, 5.74) is 2.85. The first kappa shape index (κ1) is 23.3. The first-order valence-corrected chi connectivity index (χ1v) is 11.4. The smallest absolute Gasteiger partial charge is 0.126 e. The molecule has 5 heteroatoms. The lowest BCUT2D eigenvalue weighted by Crippen LogP contribution is -2.53. The van der Waals surface area contributed by atoms with Gasteiger partial charge in [-0.1, -0.05) is 54.4 Å². The fraction of sp³-hybridized carbons (Fsp3) is 0.480. The Morgan fingerprint density at radius 1 is 1.23 bits per heavy atom. The van der Waals surface area contributed by atoms with Crippen molar-refractivity contribution in [2.45, 2.75) is 51.0 Å². The van der Waals surface area contributed by atoms with Gasteiger partial charge in [-0.15, -0.1) is 0 Å². The van der Waals surface area contributed by atoms with E-state index in [2.05, 4.69) is 36.5 Å². The summed E-state index contributed by atoms with van der Waals surface area (Å²) < 4.78 is 0. The molecule has 0 saturated heterocycles. The van der Waals surface area contributed by atoms with Crippen molar-refractivity contribution in [3.05, 3.63) is 69.2 Å². The molecule has 162 valence electrons. The van der Waals surface area contributed by atoms with Crippen LogP contribution in [0.15, 0.2) is 42.5 Å². The van der Waals surface area contributed by atoms with Crippen LogP contribution in [0.5, 0.6) is 0 Å². The first-order chi connectivity index (χ1) is 14.4. The summed E-state index contributed by atoms with van der Waals surface area (Å²) in [6, 6.07) is 13.9. The largest absolute Gasteiger partial charge is 0.395 e. The van der Waals surface area contributed by atoms with Gasteiger partial charge in [0.25, 0.3) is 0 Å². The lowest BCUT2D eigenvalue weighted by Gasteiger charge is -2.52. The molecule has 1 aliphatic rings. The predicted octanol–water partition coefficient (Wildman–Crippen LogP) is 5.75. The van der Waals surface area contributed by atoms with Gasteiger partial charge in [0.15, 0.2) is 0 Å². The van der Waals surface area contributed by atoms with Gasteiger partial charge >= 0.3 is 0 Å². The fourth-order valence-corrected chi connectivity index (χ4v) is 5.95. The van der Waals surface area contributed by atoms with Crippen LogP contribution in [0.25, 0.3) is 0 Å². The molecule has 5 unspecified atom stereocenters.